The van der Waals surface area contributed by atoms with Crippen LogP contribution in [0.5, 0.6) is 0 Å². The Morgan fingerprint density at radius 1 is 0.964 bits per heavy atom. The lowest BCUT2D eigenvalue weighted by molar-refractivity contribution is 0.540. The lowest BCUT2D eigenvalue weighted by Gasteiger charge is -2.03. The quantitative estimate of drug-likeness (QED) is 0.384. The molecule has 2 heterocycles. The van der Waals surface area contributed by atoms with Crippen molar-refractivity contribution in [2.45, 2.75) is 24.8 Å². The zero-order valence-corrected chi connectivity index (χ0v) is 16.4. The third-order valence-electron chi connectivity index (χ3n) is 4.33. The van der Waals surface area contributed by atoms with Crippen molar-refractivity contribution in [1.29, 1.82) is 0 Å². The van der Waals surface area contributed by atoms with Crippen molar-refractivity contribution in [2.24, 2.45) is 0 Å². The second kappa shape index (κ2) is 7.86. The molecule has 6 heteroatoms. The van der Waals surface area contributed by atoms with E-state index < -0.39 is 0 Å². The average molecular weight is 389 g/mol. The Labute approximate surface area is 166 Å². The molecular weight excluding hydrogens is 370 g/mol. The lowest BCUT2D eigenvalue weighted by atomic mass is 10.1. The number of aryl methyl sites for hydroxylation is 2. The van der Waals surface area contributed by atoms with Crippen molar-refractivity contribution < 1.29 is 4.42 Å². The molecule has 0 fully saturated rings. The first-order valence-corrected chi connectivity index (χ1v) is 9.90. The first-order chi connectivity index (χ1) is 13.6. The number of nitrogens with one attached hydrogen (secondary N) is 1. The van der Waals surface area contributed by atoms with Crippen LogP contribution in [0.4, 0.5) is 0 Å². The number of nitrogens with zero attached hydrogens (tertiary/aromatic N) is 2. The maximum absolute atomic E-state index is 12.0. The van der Waals surface area contributed by atoms with E-state index in [4.69, 9.17) is 4.42 Å². The van der Waals surface area contributed by atoms with E-state index in [1.54, 1.807) is 0 Å². The molecule has 0 saturated heterocycles. The Kier molecular flexibility index (Phi) is 5.12. The normalized spacial score (nSPS) is 10.9. The maximum atomic E-state index is 12.0. The van der Waals surface area contributed by atoms with Crippen LogP contribution < -0.4 is 5.56 Å². The number of rotatable bonds is 5. The van der Waals surface area contributed by atoms with Crippen LogP contribution in [0, 0.1) is 13.8 Å². The third kappa shape index (κ3) is 4.07. The summed E-state index contributed by atoms with van der Waals surface area (Å²) in [4.78, 5) is 24.0. The number of hydrogen-bond acceptors (Lipinski definition) is 5. The van der Waals surface area contributed by atoms with Gasteiger partial charge >= 0.3 is 0 Å². The van der Waals surface area contributed by atoms with Crippen LogP contribution in [0.1, 0.15) is 17.0 Å². The highest BCUT2D eigenvalue weighted by Crippen LogP contribution is 2.27. The van der Waals surface area contributed by atoms with Crippen LogP contribution >= 0.6 is 11.8 Å². The summed E-state index contributed by atoms with van der Waals surface area (Å²) in [7, 11) is 0. The van der Waals surface area contributed by atoms with E-state index in [9.17, 15) is 4.79 Å². The molecule has 0 bridgehead atoms. The van der Waals surface area contributed by atoms with E-state index in [0.29, 0.717) is 22.5 Å². The van der Waals surface area contributed by atoms with Gasteiger partial charge in [0.05, 0.1) is 11.4 Å². The van der Waals surface area contributed by atoms with Gasteiger partial charge in [-0.25, -0.2) is 9.97 Å². The molecule has 0 aliphatic rings. The first kappa shape index (κ1) is 18.3. The molecule has 140 valence electrons. The first-order valence-electron chi connectivity index (χ1n) is 8.91. The van der Waals surface area contributed by atoms with Gasteiger partial charge in [0.2, 0.25) is 5.89 Å². The molecule has 0 radical (unpaired) electrons. The molecule has 0 aliphatic carbocycles. The molecule has 4 rings (SSSR count). The minimum atomic E-state index is -0.173. The minimum Gasteiger partial charge on any atom is -0.441 e. The van der Waals surface area contributed by atoms with Crippen molar-refractivity contribution in [3.63, 3.8) is 0 Å². The van der Waals surface area contributed by atoms with E-state index in [1.807, 2.05) is 68.4 Å². The third-order valence-corrected chi connectivity index (χ3v) is 5.21. The van der Waals surface area contributed by atoms with Gasteiger partial charge in [-0.15, -0.1) is 0 Å². The van der Waals surface area contributed by atoms with Gasteiger partial charge in [0, 0.05) is 22.9 Å². The molecule has 0 amide bonds. The van der Waals surface area contributed by atoms with Gasteiger partial charge in [-0.05, 0) is 26.0 Å². The van der Waals surface area contributed by atoms with Gasteiger partial charge in [-0.1, -0.05) is 59.8 Å². The van der Waals surface area contributed by atoms with Crippen molar-refractivity contribution in [2.75, 3.05) is 0 Å². The summed E-state index contributed by atoms with van der Waals surface area (Å²) in [5.41, 5.74) is 4.37. The van der Waals surface area contributed by atoms with Gasteiger partial charge in [-0.3, -0.25) is 4.79 Å². The Bertz CT molecular complexity index is 1150. The van der Waals surface area contributed by atoms with E-state index in [-0.39, 0.29) is 5.56 Å². The van der Waals surface area contributed by atoms with E-state index >= 15 is 0 Å². The number of hydrogen-bond donors (Lipinski definition) is 1. The summed E-state index contributed by atoms with van der Waals surface area (Å²) in [6, 6.07) is 19.2. The van der Waals surface area contributed by atoms with E-state index in [2.05, 4.69) is 15.0 Å². The Morgan fingerprint density at radius 3 is 2.46 bits per heavy atom. The van der Waals surface area contributed by atoms with Crippen LogP contribution in [-0.4, -0.2) is 15.0 Å². The van der Waals surface area contributed by atoms with Gasteiger partial charge in [0.15, 0.2) is 5.16 Å². The molecular formula is C22H19N3O2S. The van der Waals surface area contributed by atoms with Gasteiger partial charge in [0.25, 0.3) is 5.56 Å². The predicted molar refractivity (Wildman–Crippen MR) is 111 cm³/mol. The Balaban J connectivity index is 1.54. The SMILES string of the molecule is Cc1ccc(-c2nc(CSc3nc(-c4ccccc4)cc(=O)[nH]3)c(C)o2)cc1. The fraction of sp³-hybridized carbons (Fsp3) is 0.136. The van der Waals surface area contributed by atoms with Gasteiger partial charge in [-0.2, -0.15) is 0 Å². The van der Waals surface area contributed by atoms with Crippen molar-refractivity contribution in [3.8, 4) is 22.7 Å². The molecule has 0 saturated carbocycles. The second-order valence-corrected chi connectivity index (χ2v) is 7.44. The van der Waals surface area contributed by atoms with Crippen LogP contribution in [0.2, 0.25) is 0 Å². The minimum absolute atomic E-state index is 0.173. The summed E-state index contributed by atoms with van der Waals surface area (Å²) in [5, 5.41) is 0.561. The fourth-order valence-corrected chi connectivity index (χ4v) is 3.66. The summed E-state index contributed by atoms with van der Waals surface area (Å²) in [6.07, 6.45) is 0. The molecule has 2 aromatic carbocycles. The number of benzene rings is 2. The summed E-state index contributed by atoms with van der Waals surface area (Å²) >= 11 is 1.43. The number of aromatic nitrogens is 3. The van der Waals surface area contributed by atoms with Crippen LogP contribution in [0.15, 0.2) is 75.0 Å². The van der Waals surface area contributed by atoms with Crippen LogP contribution in [-0.2, 0) is 5.75 Å². The molecule has 2 aromatic heterocycles. The fourth-order valence-electron chi connectivity index (χ4n) is 2.78. The molecule has 4 aromatic rings. The van der Waals surface area contributed by atoms with E-state index in [1.165, 1.54) is 23.4 Å². The molecule has 0 atom stereocenters. The Hall–Kier alpha value is -3.12. The summed E-state index contributed by atoms with van der Waals surface area (Å²) in [6.45, 7) is 3.95. The van der Waals surface area contributed by atoms with Gasteiger partial charge < -0.3 is 9.40 Å². The van der Waals surface area contributed by atoms with Crippen LogP contribution in [0.3, 0.4) is 0 Å². The van der Waals surface area contributed by atoms with E-state index in [0.717, 1.165) is 22.6 Å². The standard InChI is InChI=1S/C22H19N3O2S/c1-14-8-10-17(11-9-14)21-23-19(15(2)27-21)13-28-22-24-18(12-20(26)25-22)16-6-4-3-5-7-16/h3-12H,13H2,1-2H3,(H,24,25,26). The highest BCUT2D eigenvalue weighted by Gasteiger charge is 2.13. The Morgan fingerprint density at radius 2 is 1.71 bits per heavy atom. The molecule has 1 N–H and O–H groups in total. The largest absolute Gasteiger partial charge is 0.441 e. The number of thioether (sulfide) groups is 1. The average Bonchev–Trinajstić information content (AvgIpc) is 3.08. The smallest absolute Gasteiger partial charge is 0.252 e. The molecule has 0 aliphatic heterocycles. The number of oxazole rings is 1. The lowest BCUT2D eigenvalue weighted by Crippen LogP contribution is -2.08. The molecule has 5 nitrogen and oxygen atoms in total. The van der Waals surface area contributed by atoms with Crippen LogP contribution in [0.25, 0.3) is 22.7 Å². The van der Waals surface area contributed by atoms with Crippen molar-refractivity contribution >= 4 is 11.8 Å². The van der Waals surface area contributed by atoms with Crippen molar-refractivity contribution in [1.82, 2.24) is 15.0 Å². The van der Waals surface area contributed by atoms with Gasteiger partial charge in [0.1, 0.15) is 5.76 Å². The zero-order valence-electron chi connectivity index (χ0n) is 15.6. The highest BCUT2D eigenvalue weighted by atomic mass is 32.2. The zero-order chi connectivity index (χ0) is 19.5. The number of H-pyrrole nitrogens is 1. The molecule has 0 unspecified atom stereocenters. The molecule has 28 heavy (non-hydrogen) atoms. The number of aromatic amines is 1. The second-order valence-electron chi connectivity index (χ2n) is 6.48. The maximum Gasteiger partial charge on any atom is 0.252 e. The highest BCUT2D eigenvalue weighted by molar-refractivity contribution is 7.98. The topological polar surface area (TPSA) is 71.8 Å². The monoisotopic (exact) mass is 389 g/mol. The van der Waals surface area contributed by atoms with Crippen molar-refractivity contribution in [3.05, 3.63) is 88.0 Å². The summed E-state index contributed by atoms with van der Waals surface area (Å²) in [5.74, 6) is 1.93. The summed E-state index contributed by atoms with van der Waals surface area (Å²) < 4.78 is 5.83. The predicted octanol–water partition coefficient (Wildman–Crippen LogP) is 5.00. The molecule has 0 spiro atoms.